The van der Waals surface area contributed by atoms with Crippen molar-refractivity contribution in [2.75, 3.05) is 18.5 Å². The second-order valence-electron chi connectivity index (χ2n) is 41.2. The van der Waals surface area contributed by atoms with Gasteiger partial charge in [0.2, 0.25) is 0 Å². The molecule has 792 valence electrons. The Morgan fingerprint density at radius 1 is 0.342 bits per heavy atom. The molecule has 3 saturated carbocycles. The van der Waals surface area contributed by atoms with Crippen molar-refractivity contribution >= 4 is 93.3 Å². The molecule has 2 N–H and O–H groups in total. The van der Waals surface area contributed by atoms with Crippen LogP contribution in [0.2, 0.25) is 0 Å². The van der Waals surface area contributed by atoms with E-state index in [4.69, 9.17) is 48.7 Å². The van der Waals surface area contributed by atoms with Crippen LogP contribution >= 0.6 is 15.9 Å². The number of carboxylic acids is 2. The van der Waals surface area contributed by atoms with Crippen LogP contribution in [0.25, 0.3) is 0 Å². The number of carboxylic acid groups (broad SMARTS) is 2. The van der Waals surface area contributed by atoms with Crippen molar-refractivity contribution < 1.29 is 250 Å². The molecule has 26 heteroatoms. The van der Waals surface area contributed by atoms with E-state index < -0.39 is 71.1 Å². The summed E-state index contributed by atoms with van der Waals surface area (Å²) in [5, 5.41) is 27.3. The van der Waals surface area contributed by atoms with Gasteiger partial charge in [0.15, 0.2) is 47.5 Å². The summed E-state index contributed by atoms with van der Waals surface area (Å²) in [5.41, 5.74) is 13.2. The Morgan fingerprint density at radius 2 is 0.562 bits per heavy atom. The summed E-state index contributed by atoms with van der Waals surface area (Å²) in [7, 11) is 0. The van der Waals surface area contributed by atoms with Gasteiger partial charge in [0.25, 0.3) is 6.47 Å². The number of esters is 6. The molecule has 7 aliphatic rings. The van der Waals surface area contributed by atoms with Crippen LogP contribution in [0.4, 0.5) is 0 Å². The molecule has 0 spiro atoms. The summed E-state index contributed by atoms with van der Waals surface area (Å²) in [6.07, 6.45) is 71.7. The summed E-state index contributed by atoms with van der Waals surface area (Å²) in [6, 6.07) is 0. The van der Waals surface area contributed by atoms with Crippen LogP contribution in [-0.2, 0) is 95.6 Å². The zero-order valence-corrected chi connectivity index (χ0v) is 106. The van der Waals surface area contributed by atoms with E-state index in [0.29, 0.717) is 73.0 Å². The van der Waals surface area contributed by atoms with Gasteiger partial charge in [0.1, 0.15) is 0 Å². The van der Waals surface area contributed by atoms with Crippen LogP contribution in [-0.4, -0.2) is 131 Å². The summed E-state index contributed by atoms with van der Waals surface area (Å²) in [4.78, 5) is 157. The summed E-state index contributed by atoms with van der Waals surface area (Å²) in [5.74, 6) is -4.36. The molecule has 0 saturated heterocycles. The van der Waals surface area contributed by atoms with Gasteiger partial charge in [-0.15, -0.1) is 0 Å². The minimum absolute atomic E-state index is 0. The van der Waals surface area contributed by atoms with E-state index in [1.807, 2.05) is 217 Å². The second-order valence-corrected chi connectivity index (χ2v) is 41.9. The largest absolute Gasteiger partial charge is 1.00 e. The minimum atomic E-state index is -1.09. The molecule has 3 fully saturated rings. The van der Waals surface area contributed by atoms with Crippen molar-refractivity contribution in [1.82, 2.24) is 0 Å². The third-order valence-electron chi connectivity index (χ3n) is 26.1. The molecule has 0 bridgehead atoms. The fourth-order valence-electron chi connectivity index (χ4n) is 17.8. The molecule has 0 radical (unpaired) electrons. The van der Waals surface area contributed by atoms with E-state index in [2.05, 4.69) is 98.8 Å². The number of alkyl halides is 1. The molecule has 7 rings (SSSR count). The number of carbonyl (C=O) groups is 13. The van der Waals surface area contributed by atoms with Crippen LogP contribution in [0.5, 0.6) is 0 Å². The molecule has 0 aromatic carbocycles. The number of Topliss-reactive ketones (excluding diaryl/α,β-unsaturated/α-hetero) is 4. The van der Waals surface area contributed by atoms with E-state index in [9.17, 15) is 57.5 Å². The van der Waals surface area contributed by atoms with Gasteiger partial charge in [-0.3, -0.25) is 62.3 Å². The van der Waals surface area contributed by atoms with Gasteiger partial charge in [-0.05, 0) is 219 Å². The van der Waals surface area contributed by atoms with Crippen molar-refractivity contribution in [3.8, 4) is 0 Å². The Hall–Kier alpha value is -7.27. The molecule has 146 heavy (non-hydrogen) atoms. The van der Waals surface area contributed by atoms with Crippen LogP contribution in [0.1, 0.15) is 327 Å². The molecule has 0 aromatic rings. The summed E-state index contributed by atoms with van der Waals surface area (Å²) in [6.45, 7) is 44.1. The van der Waals surface area contributed by atoms with E-state index in [1.54, 1.807) is 27.7 Å². The molecular weight excluding hydrogens is 2160 g/mol. The quantitative estimate of drug-likeness (QED) is 0.0109. The maximum absolute atomic E-state index is 13.2. The van der Waals surface area contributed by atoms with Crippen LogP contribution in [0.15, 0.2) is 259 Å². The summed E-state index contributed by atoms with van der Waals surface area (Å²) >= 11 is 3.51. The van der Waals surface area contributed by atoms with Gasteiger partial charge < -0.3 is 50.2 Å². The fourth-order valence-corrected chi connectivity index (χ4v) is 18.4. The first-order chi connectivity index (χ1) is 67.9. The van der Waals surface area contributed by atoms with Crippen LogP contribution < -0.4 is 143 Å². The molecule has 23 nitrogen and oxygen atoms in total. The number of ether oxygens (including phenoxy) is 6. The first kappa shape index (κ1) is 137. The average molecular weight is 2320 g/mol. The van der Waals surface area contributed by atoms with E-state index in [0.717, 1.165) is 87.3 Å². The van der Waals surface area contributed by atoms with Crippen molar-refractivity contribution in [2.24, 2.45) is 39.4 Å². The number of allylic oxidation sites excluding steroid dienone is 40. The van der Waals surface area contributed by atoms with Gasteiger partial charge in [-0.25, -0.2) is 0 Å². The Labute approximate surface area is 998 Å². The normalized spacial score (nSPS) is 20.7. The number of rotatable bonds is 41. The van der Waals surface area contributed by atoms with Gasteiger partial charge >= 0.3 is 186 Å². The van der Waals surface area contributed by atoms with E-state index in [-0.39, 0.29) is 243 Å². The maximum atomic E-state index is 13.2. The minimum Gasteiger partial charge on any atom is -1.00 e. The topological polar surface area (TPSA) is 350 Å². The van der Waals surface area contributed by atoms with Crippen molar-refractivity contribution in [3.63, 3.8) is 0 Å². The monoisotopic (exact) mass is 2320 g/mol. The third kappa shape index (κ3) is 55.1. The Balaban J connectivity index is 0.00000212. The molecule has 0 amide bonds. The van der Waals surface area contributed by atoms with E-state index >= 15 is 0 Å². The predicted octanol–water partition coefficient (Wildman–Crippen LogP) is 20.1. The number of hydrogen-bond donors (Lipinski definition) is 2. The average Bonchev–Trinajstić information content (AvgIpc) is 0.793. The Kier molecular flexibility index (Phi) is 68.4. The van der Waals surface area contributed by atoms with Gasteiger partial charge in [-0.2, -0.15) is 0 Å². The number of halogens is 1. The molecule has 4 unspecified atom stereocenters. The van der Waals surface area contributed by atoms with Gasteiger partial charge in [0.05, 0.1) is 64.6 Å². The molecule has 4 atom stereocenters. The van der Waals surface area contributed by atoms with Crippen molar-refractivity contribution in [3.05, 3.63) is 259 Å². The number of ketones is 4. The summed E-state index contributed by atoms with van der Waals surface area (Å²) < 4.78 is 32.4. The van der Waals surface area contributed by atoms with Crippen molar-refractivity contribution in [2.45, 2.75) is 350 Å². The van der Waals surface area contributed by atoms with Crippen LogP contribution in [0.3, 0.4) is 0 Å². The number of carbonyl (C=O) groups excluding carboxylic acids is 11. The maximum Gasteiger partial charge on any atom is 1.00 e. The zero-order valence-electron chi connectivity index (χ0n) is 92.8. The molecule has 7 aliphatic carbocycles. The van der Waals surface area contributed by atoms with Crippen LogP contribution in [0, 0.1) is 39.4 Å². The predicted molar refractivity (Wildman–Crippen MR) is 573 cm³/mol. The Bertz CT molecular complexity index is 5000. The van der Waals surface area contributed by atoms with Crippen molar-refractivity contribution in [1.29, 1.82) is 0 Å². The van der Waals surface area contributed by atoms with E-state index in [1.165, 1.54) is 87.1 Å². The first-order valence-corrected chi connectivity index (χ1v) is 51.9. The molecule has 0 aromatic heterocycles. The van der Waals surface area contributed by atoms with Gasteiger partial charge in [0, 0.05) is 31.0 Å². The number of hydrogen-bond acceptors (Lipinski definition) is 21. The first-order valence-electron chi connectivity index (χ1n) is 50.8. The molecule has 0 heterocycles. The molecular formula is C120H165BrCs2O23. The standard InChI is InChI=1S/C48H60O10.C41H56O5.C23H34O5.C7H13Br.CH2O3.2Cs.H/c1-31(17-13-19-33(3)21-23-37-35(5)45(55)39(29-47(37,7)8)57-43(53)27-25-41(49)50)15-11-12-16-32(2)18-14-20-34(4)22-24-38-36(6)46(56)40(30-48(38,9)10)58-44(54)28-26-42(51)52;1-30(2)16-14-19-31(3)17-12-13-18-32(4)20-15-21-33(5)24-25-36-34(6)40(44)37(28-41(36,7)8)46-39(43)27-26-38(42)45-29-35-22-10-9-11-23-35;1-5-9-18-16(2)22(26)19(14-23(18,3)4)28-21(25)13-12-20(24)27-15-17-10-7-6-8-11-17;8-6-7-4-2-1-3-5-7;2-1-4-3;;;/h11-24,39-40H,25-30H2,1-10H3,(H,49,50)(H,51,52);12-21,24-25,35,37H,9-11,22-23,26-29H2,1-8H3;5,9,17,19H,6-8,10-15H2,1-4H3;7H,1-6H2;1,3H;;;/q;;;;;2*+1;-1/p-1/b12-11+,17-13+,18-14+,23-21+,24-22+,31-15+,32-16+,33-19+,34-20+;13-12+,19-14+,20-15+,25-24+,31-17+,32-18+,33-21+;9-5+;;;;;. The number of aliphatic carboxylic acids is 2. The second kappa shape index (κ2) is 73.1. The zero-order chi connectivity index (χ0) is 108. The SMILES string of the molecule is BrCC1CCCCC1.C/C=C/C1=C(C)C(=O)C(OC(=O)CCC(=O)OCC2CCCCC2)CC1(C)C.CC(C)=C/C=C/C(C)=C/C=C/C=C(C)/C=C/C=C(C)/C=C/C1=C(C)C(=O)C(OC(=O)CCC(=O)OCC2CCCCC2)CC1(C)C.CC1=C(/C=C/C(C)=C/C=C/C(C)=C/C=C/C=C(C)/C=C/C=C(C)/C=C/C2=C(C)C(=O)C(OC(=O)CCC(=O)O)CC2(C)C)C(C)(C)CC(OC(=O)CCC(=O)O)C1=O.O=CO[O-].[Cs+].[Cs+].[H-]. The third-order valence-corrected chi connectivity index (χ3v) is 27.0. The van der Waals surface area contributed by atoms with Gasteiger partial charge in [-0.1, -0.05) is 344 Å². The molecule has 0 aliphatic heterocycles. The Morgan fingerprint density at radius 3 is 0.788 bits per heavy atom. The fraction of sp³-hybridized carbons (Fsp3) is 0.525. The smallest absolute Gasteiger partial charge is 1.00 e.